The molecule has 0 radical (unpaired) electrons. The fourth-order valence-electron chi connectivity index (χ4n) is 2.16. The molecule has 0 fully saturated rings. The van der Waals surface area contributed by atoms with Gasteiger partial charge in [-0.3, -0.25) is 0 Å². The number of hydrogen-bond acceptors (Lipinski definition) is 1. The van der Waals surface area contributed by atoms with Gasteiger partial charge >= 0.3 is 0 Å². The fourth-order valence-corrected chi connectivity index (χ4v) is 2.37. The Morgan fingerprint density at radius 3 is 2.40 bits per heavy atom. The van der Waals surface area contributed by atoms with Gasteiger partial charge in [0.05, 0.1) is 0 Å². The van der Waals surface area contributed by atoms with Crippen molar-refractivity contribution in [1.82, 2.24) is 5.32 Å². The van der Waals surface area contributed by atoms with Crippen molar-refractivity contribution < 1.29 is 8.78 Å². The maximum absolute atomic E-state index is 13.7. The maximum atomic E-state index is 13.7. The summed E-state index contributed by atoms with van der Waals surface area (Å²) in [5, 5.41) is 3.85. The number of rotatable bonds is 5. The maximum Gasteiger partial charge on any atom is 0.129 e. The third-order valence-corrected chi connectivity index (χ3v) is 3.68. The molecular formula is C16H16ClF2N. The largest absolute Gasteiger partial charge is 0.316 e. The van der Waals surface area contributed by atoms with Gasteiger partial charge in [-0.15, -0.1) is 0 Å². The highest BCUT2D eigenvalue weighted by Crippen LogP contribution is 2.19. The van der Waals surface area contributed by atoms with Crippen LogP contribution in [-0.2, 0) is 12.8 Å². The van der Waals surface area contributed by atoms with Crippen LogP contribution in [0.1, 0.15) is 11.1 Å². The summed E-state index contributed by atoms with van der Waals surface area (Å²) in [6.45, 7) is 0. The van der Waals surface area contributed by atoms with E-state index in [0.717, 1.165) is 11.6 Å². The molecule has 1 N–H and O–H groups in total. The second-order valence-electron chi connectivity index (χ2n) is 4.72. The van der Waals surface area contributed by atoms with Crippen LogP contribution < -0.4 is 5.32 Å². The highest BCUT2D eigenvalue weighted by atomic mass is 35.5. The minimum absolute atomic E-state index is 0.0369. The number of benzene rings is 2. The summed E-state index contributed by atoms with van der Waals surface area (Å²) in [5.41, 5.74) is 1.51. The topological polar surface area (TPSA) is 12.0 Å². The molecule has 0 amide bonds. The van der Waals surface area contributed by atoms with E-state index < -0.39 is 11.6 Å². The van der Waals surface area contributed by atoms with E-state index in [2.05, 4.69) is 5.32 Å². The Morgan fingerprint density at radius 1 is 1.05 bits per heavy atom. The van der Waals surface area contributed by atoms with Crippen LogP contribution in [0.3, 0.4) is 0 Å². The van der Waals surface area contributed by atoms with Gasteiger partial charge < -0.3 is 5.32 Å². The van der Waals surface area contributed by atoms with Crippen LogP contribution >= 0.6 is 11.6 Å². The second kappa shape index (κ2) is 6.82. The predicted octanol–water partition coefficient (Wildman–Crippen LogP) is 3.99. The molecular weight excluding hydrogens is 280 g/mol. The van der Waals surface area contributed by atoms with Crippen LogP contribution in [0.2, 0.25) is 5.02 Å². The molecule has 1 nitrogen and oxygen atoms in total. The van der Waals surface area contributed by atoms with Crippen molar-refractivity contribution in [3.63, 3.8) is 0 Å². The molecule has 20 heavy (non-hydrogen) atoms. The Hall–Kier alpha value is -1.45. The lowest BCUT2D eigenvalue weighted by molar-refractivity contribution is 0.524. The van der Waals surface area contributed by atoms with E-state index in [9.17, 15) is 8.78 Å². The molecule has 2 aromatic rings. The monoisotopic (exact) mass is 295 g/mol. The number of nitrogens with one attached hydrogen (secondary N) is 1. The average Bonchev–Trinajstić information content (AvgIpc) is 2.43. The Morgan fingerprint density at radius 2 is 1.75 bits per heavy atom. The SMILES string of the molecule is CNC(Cc1ccc(F)cc1F)Cc1ccccc1Cl. The van der Waals surface area contributed by atoms with Crippen molar-refractivity contribution in [2.24, 2.45) is 0 Å². The molecule has 0 aliphatic rings. The summed E-state index contributed by atoms with van der Waals surface area (Å²) in [6, 6.07) is 11.3. The molecule has 106 valence electrons. The molecule has 1 unspecified atom stereocenters. The molecule has 1 atom stereocenters. The third kappa shape index (κ3) is 3.78. The first kappa shape index (κ1) is 14.9. The molecule has 2 aromatic carbocycles. The van der Waals surface area contributed by atoms with Gasteiger partial charge in [0.1, 0.15) is 11.6 Å². The summed E-state index contributed by atoms with van der Waals surface area (Å²) < 4.78 is 26.6. The van der Waals surface area contributed by atoms with E-state index in [4.69, 9.17) is 11.6 Å². The van der Waals surface area contributed by atoms with Crippen molar-refractivity contribution in [2.75, 3.05) is 7.05 Å². The van der Waals surface area contributed by atoms with E-state index in [0.29, 0.717) is 23.4 Å². The quantitative estimate of drug-likeness (QED) is 0.879. The van der Waals surface area contributed by atoms with Gasteiger partial charge in [0.15, 0.2) is 0 Å². The molecule has 4 heteroatoms. The molecule has 0 bridgehead atoms. The van der Waals surface area contributed by atoms with Crippen LogP contribution in [0, 0.1) is 11.6 Å². The smallest absolute Gasteiger partial charge is 0.129 e. The summed E-state index contributed by atoms with van der Waals surface area (Å²) >= 11 is 6.13. The molecule has 0 aliphatic heterocycles. The van der Waals surface area contributed by atoms with Crippen molar-refractivity contribution in [1.29, 1.82) is 0 Å². The van der Waals surface area contributed by atoms with Crippen LogP contribution in [0.15, 0.2) is 42.5 Å². The van der Waals surface area contributed by atoms with Crippen LogP contribution in [0.25, 0.3) is 0 Å². The zero-order valence-corrected chi connectivity index (χ0v) is 11.9. The van der Waals surface area contributed by atoms with Gasteiger partial charge in [-0.2, -0.15) is 0 Å². The van der Waals surface area contributed by atoms with Gasteiger partial charge in [-0.05, 0) is 43.1 Å². The predicted molar refractivity (Wildman–Crippen MR) is 78.1 cm³/mol. The van der Waals surface area contributed by atoms with Crippen molar-refractivity contribution in [3.05, 3.63) is 70.2 Å². The average molecular weight is 296 g/mol. The zero-order chi connectivity index (χ0) is 14.5. The second-order valence-corrected chi connectivity index (χ2v) is 5.13. The normalized spacial score (nSPS) is 12.4. The first-order valence-electron chi connectivity index (χ1n) is 6.44. The Balaban J connectivity index is 2.11. The van der Waals surface area contributed by atoms with Gasteiger partial charge in [-0.25, -0.2) is 8.78 Å². The van der Waals surface area contributed by atoms with Gasteiger partial charge in [0.25, 0.3) is 0 Å². The standard InChI is InChI=1S/C16H16ClF2N/c1-20-14(8-11-4-2-3-5-15(11)17)9-12-6-7-13(18)10-16(12)19/h2-7,10,14,20H,8-9H2,1H3. The summed E-state index contributed by atoms with van der Waals surface area (Å²) in [6.07, 6.45) is 1.17. The molecule has 0 spiro atoms. The molecule has 2 rings (SSSR count). The van der Waals surface area contributed by atoms with Crippen LogP contribution in [0.5, 0.6) is 0 Å². The van der Waals surface area contributed by atoms with E-state index in [1.54, 1.807) is 0 Å². The van der Waals surface area contributed by atoms with Crippen molar-refractivity contribution in [3.8, 4) is 0 Å². The summed E-state index contributed by atoms with van der Waals surface area (Å²) in [4.78, 5) is 0. The van der Waals surface area contributed by atoms with Crippen LogP contribution in [-0.4, -0.2) is 13.1 Å². The lowest BCUT2D eigenvalue weighted by Crippen LogP contribution is -2.30. The molecule has 0 saturated heterocycles. The Labute approximate surface area is 122 Å². The van der Waals surface area contributed by atoms with E-state index in [1.807, 2.05) is 31.3 Å². The molecule has 0 saturated carbocycles. The fraction of sp³-hybridized carbons (Fsp3) is 0.250. The van der Waals surface area contributed by atoms with E-state index in [-0.39, 0.29) is 6.04 Å². The first-order chi connectivity index (χ1) is 9.60. The minimum Gasteiger partial charge on any atom is -0.316 e. The minimum atomic E-state index is -0.557. The highest BCUT2D eigenvalue weighted by molar-refractivity contribution is 6.31. The Bertz CT molecular complexity index is 586. The van der Waals surface area contributed by atoms with Gasteiger partial charge in [-0.1, -0.05) is 35.9 Å². The first-order valence-corrected chi connectivity index (χ1v) is 6.82. The van der Waals surface area contributed by atoms with E-state index in [1.165, 1.54) is 12.1 Å². The van der Waals surface area contributed by atoms with E-state index >= 15 is 0 Å². The Kier molecular flexibility index (Phi) is 5.10. The lowest BCUT2D eigenvalue weighted by Gasteiger charge is -2.17. The number of likely N-dealkylation sites (N-methyl/N-ethyl adjacent to an activating group) is 1. The molecule has 0 aliphatic carbocycles. The lowest BCUT2D eigenvalue weighted by atomic mass is 9.98. The summed E-state index contributed by atoms with van der Waals surface area (Å²) in [7, 11) is 1.82. The highest BCUT2D eigenvalue weighted by Gasteiger charge is 2.13. The number of hydrogen-bond donors (Lipinski definition) is 1. The molecule has 0 heterocycles. The molecule has 0 aromatic heterocycles. The third-order valence-electron chi connectivity index (χ3n) is 3.31. The summed E-state index contributed by atoms with van der Waals surface area (Å²) in [5.74, 6) is -1.07. The van der Waals surface area contributed by atoms with Gasteiger partial charge in [0.2, 0.25) is 0 Å². The zero-order valence-electron chi connectivity index (χ0n) is 11.2. The van der Waals surface area contributed by atoms with Gasteiger partial charge in [0, 0.05) is 17.1 Å². The van der Waals surface area contributed by atoms with Crippen LogP contribution in [0.4, 0.5) is 8.78 Å². The number of halogens is 3. The van der Waals surface area contributed by atoms with Crippen molar-refractivity contribution >= 4 is 11.6 Å². The van der Waals surface area contributed by atoms with Crippen molar-refractivity contribution in [2.45, 2.75) is 18.9 Å².